The molecule has 0 spiro atoms. The summed E-state index contributed by atoms with van der Waals surface area (Å²) in [7, 11) is 0. The molecule has 0 heterocycles. The van der Waals surface area contributed by atoms with Crippen molar-refractivity contribution in [3.63, 3.8) is 0 Å². The molecule has 0 aromatic heterocycles. The average molecular weight is 282 g/mol. The molecule has 0 aliphatic heterocycles. The summed E-state index contributed by atoms with van der Waals surface area (Å²) in [6, 6.07) is 0. The Hall–Kier alpha value is 0.774. The van der Waals surface area contributed by atoms with Crippen LogP contribution in [0.4, 0.5) is 0 Å². The van der Waals surface area contributed by atoms with E-state index in [1.54, 1.807) is 3.88 Å². The minimum absolute atomic E-state index is 0.202. The van der Waals surface area contributed by atoms with Crippen LogP contribution in [0.2, 0.25) is 0 Å². The van der Waals surface area contributed by atoms with Crippen molar-refractivity contribution >= 4 is 23.2 Å². The Labute approximate surface area is 110 Å². The van der Waals surface area contributed by atoms with Gasteiger partial charge in [-0.15, -0.1) is 0 Å². The molecule has 0 unspecified atom stereocenters. The monoisotopic (exact) mass is 281 g/mol. The van der Waals surface area contributed by atoms with Gasteiger partial charge in [0.1, 0.15) is 0 Å². The van der Waals surface area contributed by atoms with Gasteiger partial charge in [-0.25, -0.2) is 0 Å². The third-order valence-electron chi connectivity index (χ3n) is 3.74. The SMILES string of the molecule is CC1=C(C)C(C)(C)[C]([Ti]([CH2]Cl)[CH2]Cl)=C1C. The molecule has 1 aliphatic rings. The second-order valence-electron chi connectivity index (χ2n) is 4.75. The van der Waals surface area contributed by atoms with Crippen molar-refractivity contribution < 1.29 is 17.9 Å². The number of alkyl halides is 2. The van der Waals surface area contributed by atoms with Crippen LogP contribution in [-0.4, -0.2) is 8.37 Å². The summed E-state index contributed by atoms with van der Waals surface area (Å²) < 4.78 is 3.16. The van der Waals surface area contributed by atoms with Crippen LogP contribution in [0, 0.1) is 5.41 Å². The molecule has 85 valence electrons. The predicted octanol–water partition coefficient (Wildman–Crippen LogP) is 4.65. The van der Waals surface area contributed by atoms with E-state index in [1.165, 1.54) is 16.7 Å². The molecule has 0 nitrogen and oxygen atoms in total. The van der Waals surface area contributed by atoms with Gasteiger partial charge in [-0.05, 0) is 0 Å². The number of halogens is 2. The Bertz CT molecular complexity index is 323. The Morgan fingerprint density at radius 2 is 1.47 bits per heavy atom. The third-order valence-corrected chi connectivity index (χ3v) is 10.1. The van der Waals surface area contributed by atoms with Crippen LogP contribution >= 0.6 is 23.2 Å². The molecule has 0 saturated carbocycles. The van der Waals surface area contributed by atoms with Crippen LogP contribution in [0.3, 0.4) is 0 Å². The summed E-state index contributed by atoms with van der Waals surface area (Å²) in [5.41, 5.74) is 4.62. The van der Waals surface area contributed by atoms with Gasteiger partial charge < -0.3 is 0 Å². The average Bonchev–Trinajstić information content (AvgIpc) is 2.34. The Balaban J connectivity index is 3.21. The van der Waals surface area contributed by atoms with E-state index in [0.29, 0.717) is 0 Å². The summed E-state index contributed by atoms with van der Waals surface area (Å²) in [5.74, 6) is 0. The van der Waals surface area contributed by atoms with Crippen molar-refractivity contribution in [1.29, 1.82) is 0 Å². The van der Waals surface area contributed by atoms with E-state index < -0.39 is 17.9 Å². The van der Waals surface area contributed by atoms with Gasteiger partial charge in [-0.2, -0.15) is 0 Å². The maximum absolute atomic E-state index is 6.07. The molecule has 3 heteroatoms. The van der Waals surface area contributed by atoms with E-state index >= 15 is 0 Å². The Morgan fingerprint density at radius 1 is 1.00 bits per heavy atom. The fourth-order valence-electron chi connectivity index (χ4n) is 2.47. The van der Waals surface area contributed by atoms with Gasteiger partial charge >= 0.3 is 110 Å². The normalized spacial score (nSPS) is 20.2. The van der Waals surface area contributed by atoms with Gasteiger partial charge in [0.05, 0.1) is 0 Å². The zero-order valence-electron chi connectivity index (χ0n) is 10.2. The van der Waals surface area contributed by atoms with Crippen LogP contribution in [0.1, 0.15) is 34.6 Å². The molecule has 0 atom stereocenters. The Morgan fingerprint density at radius 3 is 1.73 bits per heavy atom. The summed E-state index contributed by atoms with van der Waals surface area (Å²) in [6.45, 7) is 11.3. The van der Waals surface area contributed by atoms with Crippen LogP contribution in [0.5, 0.6) is 0 Å². The van der Waals surface area contributed by atoms with Gasteiger partial charge in [0, 0.05) is 0 Å². The zero-order valence-corrected chi connectivity index (χ0v) is 13.2. The quantitative estimate of drug-likeness (QED) is 0.522. The molecule has 0 radical (unpaired) electrons. The van der Waals surface area contributed by atoms with E-state index in [9.17, 15) is 0 Å². The molecular formula is C12H19Cl2Ti. The fourth-order valence-corrected chi connectivity index (χ4v) is 8.07. The molecule has 0 saturated heterocycles. The second kappa shape index (κ2) is 4.96. The molecule has 0 N–H and O–H groups in total. The van der Waals surface area contributed by atoms with Crippen LogP contribution in [0.15, 0.2) is 20.6 Å². The molecule has 0 fully saturated rings. The summed E-state index contributed by atoms with van der Waals surface area (Å²) in [4.78, 5) is 0. The summed E-state index contributed by atoms with van der Waals surface area (Å²) >= 11 is 10.7. The maximum atomic E-state index is 6.07. The van der Waals surface area contributed by atoms with E-state index in [0.717, 1.165) is 8.37 Å². The second-order valence-corrected chi connectivity index (χ2v) is 10.5. The number of hydrogen-bond acceptors (Lipinski definition) is 0. The van der Waals surface area contributed by atoms with E-state index in [4.69, 9.17) is 23.2 Å². The first-order chi connectivity index (χ1) is 6.87. The van der Waals surface area contributed by atoms with Crippen LogP contribution in [-0.2, 0) is 17.9 Å². The predicted molar refractivity (Wildman–Crippen MR) is 66.3 cm³/mol. The molecule has 0 amide bonds. The molecule has 0 aromatic carbocycles. The van der Waals surface area contributed by atoms with Gasteiger partial charge in [0.2, 0.25) is 0 Å². The fraction of sp³-hybridized carbons (Fsp3) is 0.667. The third kappa shape index (κ3) is 2.24. The first-order valence-corrected chi connectivity index (χ1v) is 9.30. The topological polar surface area (TPSA) is 0 Å². The van der Waals surface area contributed by atoms with Crippen molar-refractivity contribution in [3.8, 4) is 0 Å². The van der Waals surface area contributed by atoms with Gasteiger partial charge in [-0.1, -0.05) is 0 Å². The first kappa shape index (κ1) is 13.8. The zero-order chi connectivity index (χ0) is 11.8. The molecular weight excluding hydrogens is 263 g/mol. The van der Waals surface area contributed by atoms with Crippen molar-refractivity contribution in [2.24, 2.45) is 5.41 Å². The van der Waals surface area contributed by atoms with Crippen molar-refractivity contribution in [3.05, 3.63) is 20.6 Å². The Kier molecular flexibility index (Phi) is 4.58. The molecule has 0 aromatic rings. The molecule has 1 rings (SSSR count). The number of rotatable bonds is 3. The van der Waals surface area contributed by atoms with E-state index in [1.807, 2.05) is 0 Å². The van der Waals surface area contributed by atoms with Gasteiger partial charge in [-0.3, -0.25) is 0 Å². The van der Waals surface area contributed by atoms with Gasteiger partial charge in [0.25, 0.3) is 0 Å². The van der Waals surface area contributed by atoms with Crippen LogP contribution in [0.25, 0.3) is 0 Å². The van der Waals surface area contributed by atoms with Gasteiger partial charge in [0.15, 0.2) is 0 Å². The molecule has 0 bridgehead atoms. The van der Waals surface area contributed by atoms with E-state index in [-0.39, 0.29) is 5.41 Å². The van der Waals surface area contributed by atoms with Crippen molar-refractivity contribution in [2.75, 3.05) is 8.37 Å². The van der Waals surface area contributed by atoms with E-state index in [2.05, 4.69) is 34.6 Å². The van der Waals surface area contributed by atoms with Crippen LogP contribution < -0.4 is 0 Å². The standard InChI is InChI=1S/C10H15.2CH2Cl.Ti/c1-7-6-10(4,5)9(3)8(7)2;2*1-2;/h1-5H3;2*1H2;. The summed E-state index contributed by atoms with van der Waals surface area (Å²) in [6.07, 6.45) is 0. The van der Waals surface area contributed by atoms with Crippen molar-refractivity contribution in [2.45, 2.75) is 34.6 Å². The summed E-state index contributed by atoms with van der Waals surface area (Å²) in [5, 5.41) is 0. The minimum atomic E-state index is -1.42. The first-order valence-electron chi connectivity index (χ1n) is 5.24. The number of allylic oxidation sites excluding steroid dienone is 4. The molecule has 1 aliphatic carbocycles. The number of hydrogen-bond donors (Lipinski definition) is 0. The van der Waals surface area contributed by atoms with Crippen molar-refractivity contribution in [1.82, 2.24) is 0 Å². The molecule has 15 heavy (non-hydrogen) atoms.